The summed E-state index contributed by atoms with van der Waals surface area (Å²) in [7, 11) is 0. The van der Waals surface area contributed by atoms with Crippen LogP contribution < -0.4 is 0 Å². The zero-order valence-electron chi connectivity index (χ0n) is 33.6. The Labute approximate surface area is 375 Å². The molecule has 10 unspecified atom stereocenters. The van der Waals surface area contributed by atoms with Crippen molar-refractivity contribution in [3.63, 3.8) is 0 Å². The van der Waals surface area contributed by atoms with Crippen LogP contribution in [-0.2, 0) is 28.4 Å². The number of phenolic OH excluding ortho intramolecular Hbond substituents is 12. The summed E-state index contributed by atoms with van der Waals surface area (Å²) < 4.78 is 32.0. The Hall–Kier alpha value is -7.96. The van der Waals surface area contributed by atoms with Gasteiger partial charge in [0.15, 0.2) is 57.8 Å². The molecule has 364 valence electrons. The van der Waals surface area contributed by atoms with Gasteiger partial charge in [-0.1, -0.05) is 0 Å². The maximum absolute atomic E-state index is 14.9. The first kappa shape index (κ1) is 48.0. The molecule has 0 saturated carbocycles. The number of aliphatic hydroxyl groups excluding tert-OH is 6. The van der Waals surface area contributed by atoms with E-state index in [1.165, 1.54) is 0 Å². The number of fused-ring (bicyclic) bond motifs is 4. The van der Waals surface area contributed by atoms with Gasteiger partial charge in [-0.25, -0.2) is 19.2 Å². The number of phenols is 12. The average molecular weight is 965 g/mol. The number of hydrogen-bond acceptors (Lipinski definition) is 28. The molecular formula is C40H36O28. The van der Waals surface area contributed by atoms with E-state index >= 15 is 0 Å². The van der Waals surface area contributed by atoms with E-state index < -0.39 is 212 Å². The van der Waals surface area contributed by atoms with Crippen molar-refractivity contribution in [1.82, 2.24) is 0 Å². The molecular weight excluding hydrogens is 928 g/mol. The Morgan fingerprint density at radius 2 is 0.926 bits per heavy atom. The highest BCUT2D eigenvalue weighted by atomic mass is 16.7. The van der Waals surface area contributed by atoms with Crippen LogP contribution in [0.5, 0.6) is 69.0 Å². The first-order chi connectivity index (χ1) is 31.9. The minimum Gasteiger partial charge on any atom is -0.504 e. The van der Waals surface area contributed by atoms with Gasteiger partial charge in [0.2, 0.25) is 35.9 Å². The van der Waals surface area contributed by atoms with Gasteiger partial charge in [-0.3, -0.25) is 0 Å². The standard InChI is InChI=1S/C40H36O28/c41-5-14-24(50)30(56)32(58)39(63-14)68-37(61)9-4-13(46)23(49)27(53)17(9)19-20-18(28(54)31(57)29(19)55)16-8(3-12(45)22(48)26(16)52)36(60)65-33-25(51)15(6-42)64-40(34(33)66-38(20)62)67-35(59)7-1-10(43)21(47)11(44)2-7/h1-4,14-15,24-25,30,32-34,39-58H,5-6H2. The lowest BCUT2D eigenvalue weighted by Gasteiger charge is -2.42. The Balaban J connectivity index is 1.50. The van der Waals surface area contributed by atoms with E-state index in [9.17, 15) is 111 Å². The molecule has 10 atom stereocenters. The highest BCUT2D eigenvalue weighted by Gasteiger charge is 2.54. The first-order valence-corrected chi connectivity index (χ1v) is 19.2. The lowest BCUT2D eigenvalue weighted by atomic mass is 9.84. The van der Waals surface area contributed by atoms with Crippen LogP contribution in [0.3, 0.4) is 0 Å². The van der Waals surface area contributed by atoms with E-state index in [1.807, 2.05) is 0 Å². The third-order valence-electron chi connectivity index (χ3n) is 11.0. The Morgan fingerprint density at radius 1 is 0.456 bits per heavy atom. The van der Waals surface area contributed by atoms with E-state index in [4.69, 9.17) is 28.4 Å². The number of aromatic hydroxyl groups is 12. The molecule has 7 rings (SSSR count). The smallest absolute Gasteiger partial charge is 0.341 e. The van der Waals surface area contributed by atoms with Crippen molar-refractivity contribution in [3.05, 3.63) is 46.5 Å². The van der Waals surface area contributed by atoms with E-state index in [0.29, 0.717) is 18.2 Å². The molecule has 4 aromatic rings. The number of rotatable bonds is 7. The lowest BCUT2D eigenvalue weighted by molar-refractivity contribution is -0.285. The van der Waals surface area contributed by atoms with Crippen LogP contribution in [-0.4, -0.2) is 190 Å². The van der Waals surface area contributed by atoms with Crippen LogP contribution in [0.2, 0.25) is 0 Å². The summed E-state index contributed by atoms with van der Waals surface area (Å²) in [6, 6.07) is 1.70. The molecule has 3 heterocycles. The molecule has 28 nitrogen and oxygen atoms in total. The van der Waals surface area contributed by atoms with Crippen molar-refractivity contribution in [2.75, 3.05) is 13.2 Å². The third kappa shape index (κ3) is 7.76. The number of aliphatic hydroxyl groups is 6. The number of esters is 4. The van der Waals surface area contributed by atoms with Crippen LogP contribution in [0.15, 0.2) is 24.3 Å². The molecule has 0 amide bonds. The van der Waals surface area contributed by atoms with E-state index in [0.717, 1.165) is 0 Å². The number of benzene rings is 4. The maximum Gasteiger partial charge on any atom is 0.341 e. The van der Waals surface area contributed by atoms with Gasteiger partial charge < -0.3 is 120 Å². The third-order valence-corrected chi connectivity index (χ3v) is 11.0. The SMILES string of the molecule is O=C(OC1OC(CO)C(O)C2OC(=O)c3cc(O)c(O)c(O)c3-c3c(O)c(O)c(O)c(-c4c(C(=O)OC5OC(CO)C(O)C(O)C5O)cc(O)c(O)c4O)c3C(=O)OC12)c1cc(O)c(O)c(O)c1. The van der Waals surface area contributed by atoms with Crippen molar-refractivity contribution in [2.45, 2.75) is 61.4 Å². The normalized spacial score (nSPS) is 25.7. The van der Waals surface area contributed by atoms with Gasteiger partial charge in [0, 0.05) is 22.3 Å². The Bertz CT molecular complexity index is 2730. The Morgan fingerprint density at radius 3 is 1.51 bits per heavy atom. The molecule has 28 heteroatoms. The summed E-state index contributed by atoms with van der Waals surface area (Å²) in [5.41, 5.74) is -10.6. The number of carbonyl (C=O) groups is 4. The fourth-order valence-electron chi connectivity index (χ4n) is 7.51. The molecule has 18 N–H and O–H groups in total. The summed E-state index contributed by atoms with van der Waals surface area (Å²) in [6.45, 7) is -2.25. The second-order valence-electron chi connectivity index (χ2n) is 15.0. The van der Waals surface area contributed by atoms with Gasteiger partial charge >= 0.3 is 23.9 Å². The Kier molecular flexibility index (Phi) is 12.5. The average Bonchev–Trinajstić information content (AvgIpc) is 3.30. The van der Waals surface area contributed by atoms with Crippen molar-refractivity contribution in [2.24, 2.45) is 0 Å². The van der Waals surface area contributed by atoms with Gasteiger partial charge in [0.05, 0.1) is 35.5 Å². The molecule has 0 spiro atoms. The van der Waals surface area contributed by atoms with Crippen molar-refractivity contribution in [1.29, 1.82) is 0 Å². The highest BCUT2D eigenvalue weighted by Crippen LogP contribution is 2.59. The summed E-state index contributed by atoms with van der Waals surface area (Å²) in [5.74, 6) is -25.3. The largest absolute Gasteiger partial charge is 0.504 e. The van der Waals surface area contributed by atoms with Gasteiger partial charge in [-0.2, -0.15) is 0 Å². The summed E-state index contributed by atoms with van der Waals surface area (Å²) >= 11 is 0. The molecule has 4 aromatic carbocycles. The molecule has 2 saturated heterocycles. The van der Waals surface area contributed by atoms with Crippen molar-refractivity contribution in [3.8, 4) is 91.2 Å². The van der Waals surface area contributed by atoms with Crippen LogP contribution in [0.4, 0.5) is 0 Å². The van der Waals surface area contributed by atoms with Crippen LogP contribution in [0.25, 0.3) is 22.3 Å². The van der Waals surface area contributed by atoms with Crippen molar-refractivity contribution >= 4 is 23.9 Å². The zero-order valence-corrected chi connectivity index (χ0v) is 33.6. The molecule has 0 aromatic heterocycles. The summed E-state index contributed by atoms with van der Waals surface area (Å²) in [5, 5.41) is 192. The second-order valence-corrected chi connectivity index (χ2v) is 15.0. The first-order valence-electron chi connectivity index (χ1n) is 19.2. The predicted octanol–water partition coefficient (Wildman–Crippen LogP) is -2.56. The van der Waals surface area contributed by atoms with Crippen LogP contribution >= 0.6 is 0 Å². The fraction of sp³-hybridized carbons (Fsp3) is 0.300. The quantitative estimate of drug-likeness (QED) is 0.0515. The minimum absolute atomic E-state index is 0.259. The topological polar surface area (TPSA) is 488 Å². The molecule has 0 aliphatic carbocycles. The zero-order chi connectivity index (χ0) is 50.1. The maximum atomic E-state index is 14.9. The number of hydrogen-bond donors (Lipinski definition) is 18. The minimum atomic E-state index is -2.57. The second kappa shape index (κ2) is 17.7. The molecule has 68 heavy (non-hydrogen) atoms. The van der Waals surface area contributed by atoms with E-state index in [1.54, 1.807) is 0 Å². The van der Waals surface area contributed by atoms with Crippen LogP contribution in [0, 0.1) is 0 Å². The summed E-state index contributed by atoms with van der Waals surface area (Å²) in [6.07, 6.45) is -22.4. The van der Waals surface area contributed by atoms with Crippen molar-refractivity contribution < 1.29 is 140 Å². The van der Waals surface area contributed by atoms with Gasteiger partial charge in [0.1, 0.15) is 36.6 Å². The molecule has 2 fully saturated rings. The van der Waals surface area contributed by atoms with E-state index in [2.05, 4.69) is 0 Å². The van der Waals surface area contributed by atoms with E-state index in [-0.39, 0.29) is 6.07 Å². The lowest BCUT2D eigenvalue weighted by Crippen LogP contribution is -2.62. The predicted molar refractivity (Wildman–Crippen MR) is 208 cm³/mol. The summed E-state index contributed by atoms with van der Waals surface area (Å²) in [4.78, 5) is 56.6. The number of carbonyl (C=O) groups excluding carboxylic acids is 4. The van der Waals surface area contributed by atoms with Gasteiger partial charge in [0.25, 0.3) is 0 Å². The molecule has 0 bridgehead atoms. The molecule has 3 aliphatic heterocycles. The van der Waals surface area contributed by atoms with Gasteiger partial charge in [-0.15, -0.1) is 0 Å². The molecule has 0 radical (unpaired) electrons. The monoisotopic (exact) mass is 964 g/mol. The fourth-order valence-corrected chi connectivity index (χ4v) is 7.51. The number of ether oxygens (including phenoxy) is 6. The highest BCUT2D eigenvalue weighted by molar-refractivity contribution is 6.15. The van der Waals surface area contributed by atoms with Crippen LogP contribution in [0.1, 0.15) is 41.4 Å². The van der Waals surface area contributed by atoms with Gasteiger partial charge in [-0.05, 0) is 24.3 Å². The molecule has 3 aliphatic rings.